The molecule has 0 saturated heterocycles. The van der Waals surface area contributed by atoms with E-state index in [0.717, 1.165) is 40.9 Å². The molecule has 0 heterocycles. The molecule has 0 aromatic heterocycles. The molecule has 2 amide bonds. The Hall–Kier alpha value is -2.28. The summed E-state index contributed by atoms with van der Waals surface area (Å²) in [5.74, 6) is 0.0852. The number of rotatable bonds is 9. The largest absolute Gasteiger partial charge is 0.483 e. The van der Waals surface area contributed by atoms with E-state index in [1.165, 1.54) is 6.42 Å². The number of nitrogens with one attached hydrogen (secondary N) is 1. The first-order chi connectivity index (χ1) is 17.9. The molecule has 196 valence electrons. The van der Waals surface area contributed by atoms with Crippen molar-refractivity contribution in [3.63, 3.8) is 0 Å². The van der Waals surface area contributed by atoms with Crippen molar-refractivity contribution in [3.05, 3.63) is 74.7 Å². The van der Waals surface area contributed by atoms with Crippen molar-refractivity contribution in [2.45, 2.75) is 64.1 Å². The first kappa shape index (κ1) is 27.7. The Labute approximate surface area is 236 Å². The maximum atomic E-state index is 13.6. The minimum atomic E-state index is -0.676. The van der Waals surface area contributed by atoms with E-state index in [0.29, 0.717) is 27.8 Å². The van der Waals surface area contributed by atoms with Crippen LogP contribution in [0.1, 0.15) is 51.0 Å². The number of fused-ring (bicyclic) bond motifs is 1. The van der Waals surface area contributed by atoms with Gasteiger partial charge < -0.3 is 15.0 Å². The Bertz CT molecular complexity index is 1240. The van der Waals surface area contributed by atoms with Crippen LogP contribution in [0.25, 0.3) is 10.8 Å². The van der Waals surface area contributed by atoms with E-state index >= 15 is 0 Å². The number of hydrogen-bond acceptors (Lipinski definition) is 3. The molecule has 0 aliphatic heterocycles. The lowest BCUT2D eigenvalue weighted by molar-refractivity contribution is -0.143. The van der Waals surface area contributed by atoms with E-state index in [9.17, 15) is 9.59 Å². The number of carbonyl (C=O) groups is 2. The van der Waals surface area contributed by atoms with Gasteiger partial charge in [-0.15, -0.1) is 0 Å². The lowest BCUT2D eigenvalue weighted by Gasteiger charge is -2.33. The van der Waals surface area contributed by atoms with E-state index in [2.05, 4.69) is 21.2 Å². The second-order valence-electron chi connectivity index (χ2n) is 9.38. The summed E-state index contributed by atoms with van der Waals surface area (Å²) < 4.78 is 6.75. The number of halogens is 3. The number of nitrogens with zero attached hydrogens (tertiary/aromatic N) is 1. The van der Waals surface area contributed by atoms with Gasteiger partial charge in [0.05, 0.1) is 4.47 Å². The van der Waals surface area contributed by atoms with Crippen LogP contribution in [-0.4, -0.2) is 35.4 Å². The molecule has 0 bridgehead atoms. The maximum Gasteiger partial charge on any atom is 0.261 e. The molecular weight excluding hydrogens is 575 g/mol. The van der Waals surface area contributed by atoms with Gasteiger partial charge in [0.25, 0.3) is 5.91 Å². The van der Waals surface area contributed by atoms with Gasteiger partial charge in [-0.2, -0.15) is 0 Å². The lowest BCUT2D eigenvalue weighted by Crippen LogP contribution is -2.52. The van der Waals surface area contributed by atoms with Crippen molar-refractivity contribution in [1.29, 1.82) is 0 Å². The predicted octanol–water partition coefficient (Wildman–Crippen LogP) is 7.54. The van der Waals surface area contributed by atoms with E-state index < -0.39 is 6.04 Å². The zero-order valence-corrected chi connectivity index (χ0v) is 23.9. The van der Waals surface area contributed by atoms with Crippen molar-refractivity contribution in [3.8, 4) is 5.75 Å². The van der Waals surface area contributed by atoms with Crippen molar-refractivity contribution < 1.29 is 14.3 Å². The fraction of sp³-hybridized carbons (Fsp3) is 0.379. The third-order valence-corrected chi connectivity index (χ3v) is 8.43. The molecule has 37 heavy (non-hydrogen) atoms. The van der Waals surface area contributed by atoms with Gasteiger partial charge in [-0.1, -0.05) is 85.8 Å². The van der Waals surface area contributed by atoms with Crippen molar-refractivity contribution in [1.82, 2.24) is 10.2 Å². The summed E-state index contributed by atoms with van der Waals surface area (Å²) in [6.45, 7) is 1.78. The third kappa shape index (κ3) is 6.78. The van der Waals surface area contributed by atoms with Gasteiger partial charge in [0.2, 0.25) is 5.91 Å². The first-order valence-electron chi connectivity index (χ1n) is 12.7. The molecule has 3 aromatic carbocycles. The van der Waals surface area contributed by atoms with Gasteiger partial charge in [-0.3, -0.25) is 9.59 Å². The van der Waals surface area contributed by atoms with Crippen molar-refractivity contribution >= 4 is 61.7 Å². The van der Waals surface area contributed by atoms with E-state index in [1.54, 1.807) is 23.1 Å². The average Bonchev–Trinajstić information content (AvgIpc) is 2.90. The number of amides is 2. The Morgan fingerprint density at radius 2 is 1.73 bits per heavy atom. The van der Waals surface area contributed by atoms with Gasteiger partial charge in [-0.05, 0) is 64.2 Å². The van der Waals surface area contributed by atoms with Gasteiger partial charge >= 0.3 is 0 Å². The molecule has 1 atom stereocenters. The second-order valence-corrected chi connectivity index (χ2v) is 11.0. The summed E-state index contributed by atoms with van der Waals surface area (Å²) in [5.41, 5.74) is 0.606. The monoisotopic (exact) mass is 604 g/mol. The molecule has 1 aliphatic carbocycles. The molecule has 4 rings (SSSR count). The fourth-order valence-electron chi connectivity index (χ4n) is 4.87. The predicted molar refractivity (Wildman–Crippen MR) is 153 cm³/mol. The van der Waals surface area contributed by atoms with Gasteiger partial charge in [0.1, 0.15) is 11.8 Å². The molecule has 1 aliphatic rings. The summed E-state index contributed by atoms with van der Waals surface area (Å²) in [6.07, 6.45) is 5.78. The van der Waals surface area contributed by atoms with Crippen LogP contribution >= 0.6 is 39.1 Å². The van der Waals surface area contributed by atoms with Crippen LogP contribution < -0.4 is 10.1 Å². The van der Waals surface area contributed by atoms with E-state index in [4.69, 9.17) is 27.9 Å². The zero-order chi connectivity index (χ0) is 26.4. The topological polar surface area (TPSA) is 58.6 Å². The normalized spacial score (nSPS) is 14.8. The number of carbonyl (C=O) groups excluding carboxylic acids is 2. The van der Waals surface area contributed by atoms with Gasteiger partial charge in [-0.25, -0.2) is 0 Å². The summed E-state index contributed by atoms with van der Waals surface area (Å²) in [6, 6.07) is 16.4. The lowest BCUT2D eigenvalue weighted by atomic mass is 9.95. The summed E-state index contributed by atoms with van der Waals surface area (Å²) in [4.78, 5) is 28.6. The first-order valence-corrected chi connectivity index (χ1v) is 14.3. The Morgan fingerprint density at radius 1 is 1.03 bits per heavy atom. The molecule has 0 radical (unpaired) electrons. The molecule has 1 saturated carbocycles. The molecule has 1 N–H and O–H groups in total. The molecule has 8 heteroatoms. The van der Waals surface area contributed by atoms with E-state index in [1.807, 2.05) is 43.3 Å². The fourth-order valence-corrected chi connectivity index (χ4v) is 5.99. The minimum Gasteiger partial charge on any atom is -0.483 e. The maximum absolute atomic E-state index is 13.6. The highest BCUT2D eigenvalue weighted by Crippen LogP contribution is 2.33. The second kappa shape index (κ2) is 13.0. The standard InChI is InChI=1S/C29H31BrCl2N2O3/c1-2-25(29(36)33-20-10-4-3-5-11-20)34(17-22-23(31)13-8-14-24(22)32)27(35)18-37-26-16-15-19-9-6-7-12-21(19)28(26)30/h6-9,12-16,20,25H,2-5,10-11,17-18H2,1H3,(H,33,36)/t25-/m0/s1. The third-order valence-electron chi connectivity index (χ3n) is 6.91. The van der Waals surface area contributed by atoms with Crippen molar-refractivity contribution in [2.75, 3.05) is 6.61 Å². The number of ether oxygens (including phenoxy) is 1. The molecule has 0 spiro atoms. The Kier molecular flexibility index (Phi) is 9.74. The smallest absolute Gasteiger partial charge is 0.261 e. The average molecular weight is 606 g/mol. The van der Waals surface area contributed by atoms with Crippen LogP contribution in [0.3, 0.4) is 0 Å². The number of hydrogen-bond donors (Lipinski definition) is 1. The molecule has 3 aromatic rings. The summed E-state index contributed by atoms with van der Waals surface area (Å²) >= 11 is 16.5. The highest BCUT2D eigenvalue weighted by atomic mass is 79.9. The van der Waals surface area contributed by atoms with Crippen LogP contribution in [0.5, 0.6) is 5.75 Å². The van der Waals surface area contributed by atoms with Crippen LogP contribution in [0.15, 0.2) is 59.1 Å². The van der Waals surface area contributed by atoms with Crippen LogP contribution in [-0.2, 0) is 16.1 Å². The molecular formula is C29H31BrCl2N2O3. The van der Waals surface area contributed by atoms with Crippen LogP contribution in [0.4, 0.5) is 0 Å². The van der Waals surface area contributed by atoms with Gasteiger partial charge in [0, 0.05) is 28.2 Å². The highest BCUT2D eigenvalue weighted by molar-refractivity contribution is 9.10. The quantitative estimate of drug-likeness (QED) is 0.274. The van der Waals surface area contributed by atoms with Gasteiger partial charge in [0.15, 0.2) is 6.61 Å². The zero-order valence-electron chi connectivity index (χ0n) is 20.8. The SMILES string of the molecule is CC[C@@H](C(=O)NC1CCCCC1)N(Cc1c(Cl)cccc1Cl)C(=O)COc1ccc2ccccc2c1Br. The minimum absolute atomic E-state index is 0.107. The van der Waals surface area contributed by atoms with Crippen molar-refractivity contribution in [2.24, 2.45) is 0 Å². The Balaban J connectivity index is 1.56. The van der Waals surface area contributed by atoms with Crippen LogP contribution in [0.2, 0.25) is 10.0 Å². The summed E-state index contributed by atoms with van der Waals surface area (Å²) in [7, 11) is 0. The summed E-state index contributed by atoms with van der Waals surface area (Å²) in [5, 5.41) is 6.13. The molecule has 5 nitrogen and oxygen atoms in total. The Morgan fingerprint density at radius 3 is 2.43 bits per heavy atom. The van der Waals surface area contributed by atoms with E-state index in [-0.39, 0.29) is 31.0 Å². The molecule has 1 fully saturated rings. The highest BCUT2D eigenvalue weighted by Gasteiger charge is 2.31. The number of benzene rings is 3. The van der Waals surface area contributed by atoms with Crippen LogP contribution in [0, 0.1) is 0 Å². The molecule has 0 unspecified atom stereocenters.